The first-order valence-electron chi connectivity index (χ1n) is 13.9. The van der Waals surface area contributed by atoms with Crippen LogP contribution in [0.4, 0.5) is 48.6 Å². The van der Waals surface area contributed by atoms with E-state index in [-0.39, 0.29) is 17.5 Å². The van der Waals surface area contributed by atoms with Gasteiger partial charge in [-0.15, -0.1) is 0 Å². The minimum absolute atomic E-state index is 0.182. The maximum absolute atomic E-state index is 13.5. The maximum Gasteiger partial charge on any atom is 0.257 e. The summed E-state index contributed by atoms with van der Waals surface area (Å²) in [6, 6.07) is 20.3. The Bertz CT molecular complexity index is 1680. The van der Waals surface area contributed by atoms with Gasteiger partial charge in [0.05, 0.1) is 41.3 Å². The first-order valence-corrected chi connectivity index (χ1v) is 13.9. The summed E-state index contributed by atoms with van der Waals surface area (Å²) in [4.78, 5) is 31.9. The monoisotopic (exact) mass is 584 g/mol. The third-order valence-corrected chi connectivity index (χ3v) is 7.64. The van der Waals surface area contributed by atoms with Crippen molar-refractivity contribution >= 4 is 51.6 Å². The van der Waals surface area contributed by atoms with Gasteiger partial charge in [0, 0.05) is 48.0 Å². The number of nitrogens with zero attached hydrogens (tertiary/aromatic N) is 2. The summed E-state index contributed by atoms with van der Waals surface area (Å²) in [5.41, 5.74) is 4.29. The number of carbonyl (C=O) groups excluding carboxylic acids is 2. The molecule has 220 valence electrons. The minimum atomic E-state index is -0.946. The van der Waals surface area contributed by atoms with E-state index < -0.39 is 17.3 Å². The van der Waals surface area contributed by atoms with Gasteiger partial charge in [0.25, 0.3) is 5.91 Å². The Morgan fingerprint density at radius 1 is 0.837 bits per heavy atom. The van der Waals surface area contributed by atoms with Crippen molar-refractivity contribution in [3.05, 3.63) is 95.8 Å². The molecule has 11 heteroatoms. The van der Waals surface area contributed by atoms with Gasteiger partial charge in [-0.05, 0) is 74.0 Å². The van der Waals surface area contributed by atoms with Crippen LogP contribution in [0, 0.1) is 11.9 Å². The average molecular weight is 585 g/mol. The normalized spacial score (nSPS) is 14.5. The van der Waals surface area contributed by atoms with Gasteiger partial charge in [-0.3, -0.25) is 9.59 Å². The molecule has 2 aliphatic rings. The standard InChI is InChI=1S/C32H30F2N6O3/c1-32(2,31(42)36-20-4-7-23(8-5-20)40-11-13-43-14-12-40)19-3-10-25-27(15-19)38-30(41)24-9-6-21(16-26(24)37-25)35-22-17-28(33)39-29(34)18-22/h3-10,15-18,37H,11-14H2,1-2H3,(H,35,39)(H,36,42)(H,38,41). The summed E-state index contributed by atoms with van der Waals surface area (Å²) < 4.78 is 32.5. The number of hydrogen-bond donors (Lipinski definition) is 4. The number of hydrogen-bond acceptors (Lipinski definition) is 7. The average Bonchev–Trinajstić information content (AvgIpc) is 3.12. The van der Waals surface area contributed by atoms with Gasteiger partial charge >= 0.3 is 0 Å². The van der Waals surface area contributed by atoms with E-state index in [0.29, 0.717) is 52.8 Å². The highest BCUT2D eigenvalue weighted by Crippen LogP contribution is 2.37. The van der Waals surface area contributed by atoms with E-state index >= 15 is 0 Å². The van der Waals surface area contributed by atoms with Crippen LogP contribution in [0.1, 0.15) is 29.8 Å². The second-order valence-corrected chi connectivity index (χ2v) is 11.0. The summed E-state index contributed by atoms with van der Waals surface area (Å²) in [7, 11) is 0. The number of ether oxygens (including phenoxy) is 1. The molecule has 3 heterocycles. The van der Waals surface area contributed by atoms with Crippen molar-refractivity contribution in [2.75, 3.05) is 52.5 Å². The van der Waals surface area contributed by atoms with Crippen LogP contribution in [0.15, 0.2) is 72.8 Å². The number of benzene rings is 3. The zero-order valence-electron chi connectivity index (χ0n) is 23.6. The summed E-state index contributed by atoms with van der Waals surface area (Å²) in [6.07, 6.45) is 0. The molecule has 4 aromatic rings. The Labute approximate surface area is 247 Å². The lowest BCUT2D eigenvalue weighted by molar-refractivity contribution is -0.120. The molecule has 2 aliphatic heterocycles. The zero-order valence-corrected chi connectivity index (χ0v) is 23.6. The van der Waals surface area contributed by atoms with Crippen molar-refractivity contribution in [3.63, 3.8) is 0 Å². The van der Waals surface area contributed by atoms with Crippen LogP contribution >= 0.6 is 0 Å². The number of rotatable bonds is 6. The van der Waals surface area contributed by atoms with E-state index in [1.54, 1.807) is 30.3 Å². The van der Waals surface area contributed by atoms with Crippen LogP contribution in [0.2, 0.25) is 0 Å². The second kappa shape index (κ2) is 11.3. The number of aromatic nitrogens is 1. The Balaban J connectivity index is 1.19. The summed E-state index contributed by atoms with van der Waals surface area (Å²) >= 11 is 0. The molecule has 0 atom stereocenters. The molecule has 1 fully saturated rings. The summed E-state index contributed by atoms with van der Waals surface area (Å²) in [6.45, 7) is 6.72. The van der Waals surface area contributed by atoms with E-state index in [9.17, 15) is 18.4 Å². The molecule has 1 aromatic heterocycles. The van der Waals surface area contributed by atoms with Crippen molar-refractivity contribution < 1.29 is 23.1 Å². The fourth-order valence-corrected chi connectivity index (χ4v) is 5.10. The molecule has 0 aliphatic carbocycles. The first-order chi connectivity index (χ1) is 20.7. The van der Waals surface area contributed by atoms with Crippen LogP contribution in [0.5, 0.6) is 0 Å². The van der Waals surface area contributed by atoms with E-state index in [1.165, 1.54) is 0 Å². The Kier molecular flexibility index (Phi) is 7.41. The molecule has 0 bridgehead atoms. The number of halogens is 2. The molecule has 2 amide bonds. The predicted octanol–water partition coefficient (Wildman–Crippen LogP) is 6.17. The number of nitrogens with one attached hydrogen (secondary N) is 4. The number of pyridine rings is 1. The van der Waals surface area contributed by atoms with Crippen LogP contribution in [0.3, 0.4) is 0 Å². The van der Waals surface area contributed by atoms with Crippen LogP contribution in [0.25, 0.3) is 0 Å². The van der Waals surface area contributed by atoms with Crippen LogP contribution in [-0.2, 0) is 14.9 Å². The Morgan fingerprint density at radius 3 is 2.26 bits per heavy atom. The van der Waals surface area contributed by atoms with Crippen molar-refractivity contribution in [1.29, 1.82) is 0 Å². The van der Waals surface area contributed by atoms with E-state index in [0.717, 1.165) is 30.9 Å². The quantitative estimate of drug-likeness (QED) is 0.201. The molecular formula is C32H30F2N6O3. The number of fused-ring (bicyclic) bond motifs is 2. The molecule has 3 aromatic carbocycles. The molecule has 0 unspecified atom stereocenters. The SMILES string of the molecule is CC(C)(C(=O)Nc1ccc(N2CCOCC2)cc1)c1ccc2c(c1)NC(=O)c1ccc(Nc3cc(F)nc(F)c3)cc1N2. The molecule has 0 spiro atoms. The lowest BCUT2D eigenvalue weighted by Gasteiger charge is -2.29. The van der Waals surface area contributed by atoms with Gasteiger partial charge in [0.1, 0.15) is 0 Å². The van der Waals surface area contributed by atoms with E-state index in [4.69, 9.17) is 4.74 Å². The van der Waals surface area contributed by atoms with Crippen molar-refractivity contribution in [3.8, 4) is 0 Å². The third kappa shape index (κ3) is 5.98. The number of anilines is 7. The highest BCUT2D eigenvalue weighted by molar-refractivity contribution is 6.12. The Morgan fingerprint density at radius 2 is 1.53 bits per heavy atom. The minimum Gasteiger partial charge on any atom is -0.378 e. The smallest absolute Gasteiger partial charge is 0.257 e. The third-order valence-electron chi connectivity index (χ3n) is 7.64. The van der Waals surface area contributed by atoms with Crippen LogP contribution < -0.4 is 26.2 Å². The van der Waals surface area contributed by atoms with Gasteiger partial charge in [-0.1, -0.05) is 6.07 Å². The summed E-state index contributed by atoms with van der Waals surface area (Å²) in [5.74, 6) is -2.42. The highest BCUT2D eigenvalue weighted by atomic mass is 19.1. The fourth-order valence-electron chi connectivity index (χ4n) is 5.10. The van der Waals surface area contributed by atoms with Crippen molar-refractivity contribution in [2.24, 2.45) is 0 Å². The first kappa shape index (κ1) is 28.1. The van der Waals surface area contributed by atoms with Gasteiger partial charge in [-0.25, -0.2) is 0 Å². The van der Waals surface area contributed by atoms with Crippen molar-refractivity contribution in [2.45, 2.75) is 19.3 Å². The topological polar surface area (TPSA) is 108 Å². The molecule has 9 nitrogen and oxygen atoms in total. The second-order valence-electron chi connectivity index (χ2n) is 11.0. The lowest BCUT2D eigenvalue weighted by Crippen LogP contribution is -2.36. The lowest BCUT2D eigenvalue weighted by atomic mass is 9.83. The van der Waals surface area contributed by atoms with Gasteiger partial charge in [0.2, 0.25) is 17.8 Å². The van der Waals surface area contributed by atoms with Crippen molar-refractivity contribution in [1.82, 2.24) is 4.98 Å². The molecule has 0 radical (unpaired) electrons. The fraction of sp³-hybridized carbons (Fsp3) is 0.219. The van der Waals surface area contributed by atoms with Gasteiger partial charge in [0.15, 0.2) is 0 Å². The predicted molar refractivity (Wildman–Crippen MR) is 163 cm³/mol. The molecule has 43 heavy (non-hydrogen) atoms. The summed E-state index contributed by atoms with van der Waals surface area (Å²) in [5, 5.41) is 12.1. The van der Waals surface area contributed by atoms with E-state index in [2.05, 4.69) is 31.2 Å². The Hall–Kier alpha value is -5.03. The maximum atomic E-state index is 13.5. The largest absolute Gasteiger partial charge is 0.378 e. The van der Waals surface area contributed by atoms with E-state index in [1.807, 2.05) is 44.2 Å². The van der Waals surface area contributed by atoms with Crippen LogP contribution in [-0.4, -0.2) is 43.1 Å². The molecule has 6 rings (SSSR count). The van der Waals surface area contributed by atoms with Gasteiger partial charge in [-0.2, -0.15) is 13.8 Å². The molecular weight excluding hydrogens is 554 g/mol. The number of amides is 2. The molecule has 0 saturated carbocycles. The number of morpholine rings is 1. The number of carbonyl (C=O) groups is 2. The highest BCUT2D eigenvalue weighted by Gasteiger charge is 2.31. The zero-order chi connectivity index (χ0) is 30.1. The molecule has 1 saturated heterocycles. The van der Waals surface area contributed by atoms with Gasteiger partial charge < -0.3 is 30.9 Å². The molecule has 4 N–H and O–H groups in total.